The molecular weight excluding hydrogens is 406 g/mol. The lowest BCUT2D eigenvalue weighted by Crippen LogP contribution is -3.12. The van der Waals surface area contributed by atoms with Gasteiger partial charge < -0.3 is 19.9 Å². The largest absolute Gasteiger partial charge is 0.482 e. The number of thiocarbonyl (C=S) groups is 1. The van der Waals surface area contributed by atoms with Crippen LogP contribution in [-0.2, 0) is 4.79 Å². The Labute approximate surface area is 182 Å². The normalized spacial score (nSPS) is 14.6. The van der Waals surface area contributed by atoms with Crippen molar-refractivity contribution in [1.82, 2.24) is 4.90 Å². The SMILES string of the molecule is Cc1ccc(NC(=O)COc2ccc(C(=S)N3CC[NH+](C)CC3)cc2Cl)c(C)c1. The van der Waals surface area contributed by atoms with Crippen molar-refractivity contribution >= 4 is 40.4 Å². The van der Waals surface area contributed by atoms with Crippen molar-refractivity contribution in [3.63, 3.8) is 0 Å². The molecule has 3 rings (SSSR count). The van der Waals surface area contributed by atoms with E-state index in [1.807, 2.05) is 44.2 Å². The first-order valence-electron chi connectivity index (χ1n) is 9.73. The Kier molecular flexibility index (Phi) is 7.11. The van der Waals surface area contributed by atoms with Gasteiger partial charge in [0.15, 0.2) is 6.61 Å². The van der Waals surface area contributed by atoms with Gasteiger partial charge in [0.1, 0.15) is 10.7 Å². The number of aryl methyl sites for hydroxylation is 2. The predicted molar refractivity (Wildman–Crippen MR) is 121 cm³/mol. The molecular formula is C22H27ClN3O2S+. The number of benzene rings is 2. The number of nitrogens with zero attached hydrogens (tertiary/aromatic N) is 1. The molecule has 0 saturated carbocycles. The fraction of sp³-hybridized carbons (Fsp3) is 0.364. The number of amides is 1. The van der Waals surface area contributed by atoms with Gasteiger partial charge in [-0.1, -0.05) is 41.5 Å². The molecule has 5 nitrogen and oxygen atoms in total. The summed E-state index contributed by atoms with van der Waals surface area (Å²) >= 11 is 12.0. The first-order valence-corrected chi connectivity index (χ1v) is 10.5. The molecule has 154 valence electrons. The second-order valence-corrected chi connectivity index (χ2v) is 8.34. The molecule has 1 aliphatic heterocycles. The summed E-state index contributed by atoms with van der Waals surface area (Å²) < 4.78 is 5.62. The van der Waals surface area contributed by atoms with Crippen LogP contribution in [-0.4, -0.2) is 55.6 Å². The average molecular weight is 433 g/mol. The third kappa shape index (κ3) is 5.69. The van der Waals surface area contributed by atoms with Crippen LogP contribution in [0.2, 0.25) is 5.02 Å². The van der Waals surface area contributed by atoms with Gasteiger partial charge in [0, 0.05) is 11.3 Å². The van der Waals surface area contributed by atoms with Crippen LogP contribution >= 0.6 is 23.8 Å². The summed E-state index contributed by atoms with van der Waals surface area (Å²) in [5, 5.41) is 3.31. The molecule has 0 bridgehead atoms. The van der Waals surface area contributed by atoms with Gasteiger partial charge in [-0.2, -0.15) is 0 Å². The topological polar surface area (TPSA) is 46.0 Å². The third-order valence-corrected chi connectivity index (χ3v) is 5.89. The van der Waals surface area contributed by atoms with Crippen LogP contribution in [0, 0.1) is 13.8 Å². The Morgan fingerprint density at radius 1 is 1.21 bits per heavy atom. The molecule has 2 aromatic carbocycles. The summed E-state index contributed by atoms with van der Waals surface area (Å²) in [5.74, 6) is 0.240. The first-order chi connectivity index (χ1) is 13.8. The van der Waals surface area contributed by atoms with Gasteiger partial charge in [-0.25, -0.2) is 0 Å². The molecule has 0 unspecified atom stereocenters. The molecule has 0 spiro atoms. The van der Waals surface area contributed by atoms with Gasteiger partial charge in [-0.15, -0.1) is 0 Å². The Hall–Kier alpha value is -2.15. The standard InChI is InChI=1S/C22H26ClN3O2S/c1-15-4-6-19(16(2)12-15)24-21(27)14-28-20-7-5-17(13-18(20)23)22(29)26-10-8-25(3)9-11-26/h4-7,12-13H,8-11,14H2,1-3H3,(H,24,27)/p+1. The van der Waals surface area contributed by atoms with Gasteiger partial charge in [-0.05, 0) is 43.7 Å². The van der Waals surface area contributed by atoms with E-state index >= 15 is 0 Å². The number of rotatable bonds is 5. The molecule has 2 aromatic rings. The highest BCUT2D eigenvalue weighted by Crippen LogP contribution is 2.26. The Bertz CT molecular complexity index is 911. The van der Waals surface area contributed by atoms with E-state index in [1.54, 1.807) is 6.07 Å². The lowest BCUT2D eigenvalue weighted by Gasteiger charge is -2.32. The number of piperazine rings is 1. The number of hydrogen-bond acceptors (Lipinski definition) is 3. The number of ether oxygens (including phenoxy) is 1. The first kappa shape index (κ1) is 21.6. The number of quaternary nitrogens is 1. The number of carbonyl (C=O) groups excluding carboxylic acids is 1. The molecule has 0 atom stereocenters. The fourth-order valence-electron chi connectivity index (χ4n) is 3.31. The minimum Gasteiger partial charge on any atom is -0.482 e. The second kappa shape index (κ2) is 9.57. The number of hydrogen-bond donors (Lipinski definition) is 2. The number of anilines is 1. The molecule has 1 aliphatic rings. The molecule has 1 fully saturated rings. The fourth-order valence-corrected chi connectivity index (χ4v) is 3.85. The summed E-state index contributed by atoms with van der Waals surface area (Å²) in [4.78, 5) is 16.8. The number of carbonyl (C=O) groups is 1. The van der Waals surface area contributed by atoms with E-state index in [4.69, 9.17) is 28.6 Å². The molecule has 1 amide bonds. The zero-order valence-corrected chi connectivity index (χ0v) is 18.6. The van der Waals surface area contributed by atoms with Crippen molar-refractivity contribution < 1.29 is 14.4 Å². The summed E-state index contributed by atoms with van der Waals surface area (Å²) in [6, 6.07) is 11.4. The molecule has 0 aromatic heterocycles. The van der Waals surface area contributed by atoms with E-state index in [2.05, 4.69) is 17.3 Å². The molecule has 1 saturated heterocycles. The van der Waals surface area contributed by atoms with E-state index in [1.165, 1.54) is 4.90 Å². The van der Waals surface area contributed by atoms with Crippen molar-refractivity contribution in [1.29, 1.82) is 0 Å². The van der Waals surface area contributed by atoms with E-state index in [0.29, 0.717) is 10.8 Å². The van der Waals surface area contributed by atoms with Gasteiger partial charge in [0.25, 0.3) is 5.91 Å². The minimum atomic E-state index is -0.229. The van der Waals surface area contributed by atoms with Crippen molar-refractivity contribution in [2.45, 2.75) is 13.8 Å². The average Bonchev–Trinajstić information content (AvgIpc) is 2.69. The van der Waals surface area contributed by atoms with Crippen molar-refractivity contribution in [2.75, 3.05) is 45.2 Å². The number of likely N-dealkylation sites (N-methyl/N-ethyl adjacent to an activating group) is 1. The minimum absolute atomic E-state index is 0.113. The zero-order valence-electron chi connectivity index (χ0n) is 17.0. The summed E-state index contributed by atoms with van der Waals surface area (Å²) in [6.45, 7) is 7.90. The maximum absolute atomic E-state index is 12.2. The second-order valence-electron chi connectivity index (χ2n) is 7.55. The Morgan fingerprint density at radius 2 is 1.93 bits per heavy atom. The lowest BCUT2D eigenvalue weighted by molar-refractivity contribution is -0.883. The lowest BCUT2D eigenvalue weighted by atomic mass is 10.1. The highest BCUT2D eigenvalue weighted by Gasteiger charge is 2.20. The van der Waals surface area contributed by atoms with Gasteiger partial charge >= 0.3 is 0 Å². The molecule has 7 heteroatoms. The van der Waals surface area contributed by atoms with Gasteiger partial charge in [0.2, 0.25) is 0 Å². The monoisotopic (exact) mass is 432 g/mol. The highest BCUT2D eigenvalue weighted by atomic mass is 35.5. The maximum Gasteiger partial charge on any atom is 0.262 e. The number of halogens is 1. The van der Waals surface area contributed by atoms with Crippen molar-refractivity contribution in [3.05, 3.63) is 58.1 Å². The Morgan fingerprint density at radius 3 is 2.59 bits per heavy atom. The van der Waals surface area contributed by atoms with Crippen LogP contribution in [0.5, 0.6) is 5.75 Å². The molecule has 1 heterocycles. The van der Waals surface area contributed by atoms with Crippen molar-refractivity contribution in [3.8, 4) is 5.75 Å². The predicted octanol–water partition coefficient (Wildman–Crippen LogP) is 2.48. The Balaban J connectivity index is 1.57. The third-order valence-electron chi connectivity index (χ3n) is 5.10. The zero-order chi connectivity index (χ0) is 21.0. The summed E-state index contributed by atoms with van der Waals surface area (Å²) in [6.07, 6.45) is 0. The van der Waals surface area contributed by atoms with E-state index < -0.39 is 0 Å². The molecule has 0 radical (unpaired) electrons. The molecule has 2 N–H and O–H groups in total. The van der Waals surface area contributed by atoms with Crippen LogP contribution in [0.25, 0.3) is 0 Å². The van der Waals surface area contributed by atoms with E-state index in [0.717, 1.165) is 53.5 Å². The smallest absolute Gasteiger partial charge is 0.262 e. The molecule has 0 aliphatic carbocycles. The van der Waals surface area contributed by atoms with E-state index in [-0.39, 0.29) is 12.5 Å². The quantitative estimate of drug-likeness (QED) is 0.712. The van der Waals surface area contributed by atoms with Crippen LogP contribution < -0.4 is 15.0 Å². The van der Waals surface area contributed by atoms with Crippen LogP contribution in [0.3, 0.4) is 0 Å². The summed E-state index contributed by atoms with van der Waals surface area (Å²) in [7, 11) is 2.19. The summed E-state index contributed by atoms with van der Waals surface area (Å²) in [5.41, 5.74) is 3.85. The van der Waals surface area contributed by atoms with Crippen LogP contribution in [0.15, 0.2) is 36.4 Å². The van der Waals surface area contributed by atoms with Crippen molar-refractivity contribution in [2.24, 2.45) is 0 Å². The highest BCUT2D eigenvalue weighted by molar-refractivity contribution is 7.80. The number of nitrogens with one attached hydrogen (secondary N) is 2. The van der Waals surface area contributed by atoms with Gasteiger partial charge in [-0.3, -0.25) is 4.79 Å². The van der Waals surface area contributed by atoms with Gasteiger partial charge in [0.05, 0.1) is 38.2 Å². The molecule has 29 heavy (non-hydrogen) atoms. The maximum atomic E-state index is 12.2. The van der Waals surface area contributed by atoms with Crippen LogP contribution in [0.4, 0.5) is 5.69 Å². The van der Waals surface area contributed by atoms with Crippen LogP contribution in [0.1, 0.15) is 16.7 Å². The van der Waals surface area contributed by atoms with E-state index in [9.17, 15) is 4.79 Å².